The molecular formula is C16H12ClFO. The first-order chi connectivity index (χ1) is 9.15. The number of carbonyl (C=O) groups is 1. The summed E-state index contributed by atoms with van der Waals surface area (Å²) in [5.41, 5.74) is 3.14. The lowest BCUT2D eigenvalue weighted by Gasteiger charge is -2.28. The number of Topliss-reactive ketones (excluding diaryl/α,β-unsaturated/α-hetero) is 1. The van der Waals surface area contributed by atoms with Gasteiger partial charge >= 0.3 is 0 Å². The minimum absolute atomic E-state index is 0.0139. The molecule has 0 bridgehead atoms. The highest BCUT2D eigenvalue weighted by atomic mass is 35.5. The SMILES string of the molecule is O=C(Cc1ccc(F)c(Cl)c1)C1Cc2ccccc21. The Morgan fingerprint density at radius 1 is 1.26 bits per heavy atom. The van der Waals surface area contributed by atoms with Crippen molar-refractivity contribution in [3.63, 3.8) is 0 Å². The van der Waals surface area contributed by atoms with Crippen molar-refractivity contribution in [1.82, 2.24) is 0 Å². The van der Waals surface area contributed by atoms with Gasteiger partial charge in [0.15, 0.2) is 0 Å². The van der Waals surface area contributed by atoms with Crippen LogP contribution >= 0.6 is 11.6 Å². The number of halogens is 2. The standard InChI is InChI=1S/C16H12ClFO/c17-14-7-10(5-6-15(14)18)8-16(19)13-9-11-3-1-2-4-12(11)13/h1-7,13H,8-9H2. The van der Waals surface area contributed by atoms with Gasteiger partial charge in [-0.1, -0.05) is 41.9 Å². The van der Waals surface area contributed by atoms with Gasteiger partial charge in [-0.05, 0) is 35.2 Å². The van der Waals surface area contributed by atoms with Crippen molar-refractivity contribution < 1.29 is 9.18 Å². The van der Waals surface area contributed by atoms with Gasteiger partial charge in [0.2, 0.25) is 0 Å². The molecule has 1 nitrogen and oxygen atoms in total. The fourth-order valence-corrected chi connectivity index (χ4v) is 2.72. The number of benzene rings is 2. The van der Waals surface area contributed by atoms with Crippen molar-refractivity contribution in [2.75, 3.05) is 0 Å². The van der Waals surface area contributed by atoms with Gasteiger partial charge in [-0.2, -0.15) is 0 Å². The van der Waals surface area contributed by atoms with Gasteiger partial charge in [-0.15, -0.1) is 0 Å². The highest BCUT2D eigenvalue weighted by Gasteiger charge is 2.31. The first-order valence-electron chi connectivity index (χ1n) is 6.19. The Morgan fingerprint density at radius 3 is 2.79 bits per heavy atom. The molecule has 3 rings (SSSR count). The molecule has 0 aromatic heterocycles. The molecule has 19 heavy (non-hydrogen) atoms. The lowest BCUT2D eigenvalue weighted by Crippen LogP contribution is -2.26. The summed E-state index contributed by atoms with van der Waals surface area (Å²) in [5.74, 6) is -0.298. The number of fused-ring (bicyclic) bond motifs is 1. The van der Waals surface area contributed by atoms with Crippen LogP contribution in [0.3, 0.4) is 0 Å². The Morgan fingerprint density at radius 2 is 2.05 bits per heavy atom. The minimum Gasteiger partial charge on any atom is -0.299 e. The third kappa shape index (κ3) is 2.28. The van der Waals surface area contributed by atoms with Crippen molar-refractivity contribution in [3.8, 4) is 0 Å². The van der Waals surface area contributed by atoms with Crippen molar-refractivity contribution in [2.45, 2.75) is 18.8 Å². The molecule has 0 aliphatic heterocycles. The quantitative estimate of drug-likeness (QED) is 0.829. The number of carbonyl (C=O) groups excluding carboxylic acids is 1. The highest BCUT2D eigenvalue weighted by molar-refractivity contribution is 6.30. The van der Waals surface area contributed by atoms with Crippen molar-refractivity contribution >= 4 is 17.4 Å². The summed E-state index contributed by atoms with van der Waals surface area (Å²) in [5, 5.41) is 0.0688. The van der Waals surface area contributed by atoms with Crippen LogP contribution in [0.15, 0.2) is 42.5 Å². The second kappa shape index (κ2) is 4.78. The average Bonchev–Trinajstić information content (AvgIpc) is 2.35. The molecule has 0 heterocycles. The zero-order valence-electron chi connectivity index (χ0n) is 10.2. The Labute approximate surface area is 116 Å². The summed E-state index contributed by atoms with van der Waals surface area (Å²) in [7, 11) is 0. The van der Waals surface area contributed by atoms with Gasteiger partial charge in [0.1, 0.15) is 11.6 Å². The molecule has 0 radical (unpaired) electrons. The van der Waals surface area contributed by atoms with Gasteiger partial charge in [-0.3, -0.25) is 4.79 Å². The van der Waals surface area contributed by atoms with E-state index in [-0.39, 0.29) is 16.7 Å². The Bertz CT molecular complexity index is 651. The van der Waals surface area contributed by atoms with E-state index >= 15 is 0 Å². The van der Waals surface area contributed by atoms with Gasteiger partial charge in [0.05, 0.1) is 5.02 Å². The minimum atomic E-state index is -0.452. The van der Waals surface area contributed by atoms with E-state index in [0.717, 1.165) is 17.5 Å². The summed E-state index contributed by atoms with van der Waals surface area (Å²) in [6.07, 6.45) is 1.11. The number of hydrogen-bond donors (Lipinski definition) is 0. The second-order valence-electron chi connectivity index (χ2n) is 4.85. The van der Waals surface area contributed by atoms with E-state index in [1.165, 1.54) is 17.7 Å². The van der Waals surface area contributed by atoms with Crippen LogP contribution in [0.4, 0.5) is 4.39 Å². The third-order valence-corrected chi connectivity index (χ3v) is 3.90. The Kier molecular flexibility index (Phi) is 3.11. The van der Waals surface area contributed by atoms with E-state index in [9.17, 15) is 9.18 Å². The van der Waals surface area contributed by atoms with Crippen molar-refractivity contribution in [1.29, 1.82) is 0 Å². The molecule has 0 spiro atoms. The van der Waals surface area contributed by atoms with Gasteiger partial charge in [0.25, 0.3) is 0 Å². The van der Waals surface area contributed by atoms with Crippen LogP contribution in [0.2, 0.25) is 5.02 Å². The zero-order valence-corrected chi connectivity index (χ0v) is 11.0. The van der Waals surface area contributed by atoms with E-state index in [1.807, 2.05) is 24.3 Å². The highest BCUT2D eigenvalue weighted by Crippen LogP contribution is 2.36. The Balaban J connectivity index is 1.75. The van der Waals surface area contributed by atoms with Crippen LogP contribution < -0.4 is 0 Å². The molecule has 0 saturated heterocycles. The van der Waals surface area contributed by atoms with Crippen molar-refractivity contribution in [2.24, 2.45) is 0 Å². The molecule has 2 aromatic rings. The van der Waals surface area contributed by atoms with Crippen LogP contribution in [0, 0.1) is 5.82 Å². The molecule has 0 fully saturated rings. The molecule has 0 N–H and O–H groups in total. The van der Waals surface area contributed by atoms with Gasteiger partial charge < -0.3 is 0 Å². The van der Waals surface area contributed by atoms with Crippen LogP contribution in [-0.2, 0) is 17.6 Å². The fraction of sp³-hybridized carbons (Fsp3) is 0.188. The van der Waals surface area contributed by atoms with E-state index in [4.69, 9.17) is 11.6 Å². The smallest absolute Gasteiger partial charge is 0.145 e. The van der Waals surface area contributed by atoms with Crippen molar-refractivity contribution in [3.05, 3.63) is 70.0 Å². The van der Waals surface area contributed by atoms with Gasteiger partial charge in [0, 0.05) is 12.3 Å². The fourth-order valence-electron chi connectivity index (χ4n) is 2.52. The second-order valence-corrected chi connectivity index (χ2v) is 5.25. The number of ketones is 1. The molecule has 1 aliphatic rings. The van der Waals surface area contributed by atoms with Crippen LogP contribution in [0.25, 0.3) is 0 Å². The summed E-state index contributed by atoms with van der Waals surface area (Å²) in [6.45, 7) is 0. The third-order valence-electron chi connectivity index (χ3n) is 3.61. The van der Waals surface area contributed by atoms with E-state index in [2.05, 4.69) is 0 Å². The summed E-state index contributed by atoms with van der Waals surface area (Å²) < 4.78 is 13.1. The lowest BCUT2D eigenvalue weighted by molar-refractivity contribution is -0.120. The molecule has 3 heteroatoms. The summed E-state index contributed by atoms with van der Waals surface area (Å²) in [6, 6.07) is 12.4. The normalized spacial score (nSPS) is 16.6. The first-order valence-corrected chi connectivity index (χ1v) is 6.57. The van der Waals surface area contributed by atoms with Crippen LogP contribution in [-0.4, -0.2) is 5.78 Å². The molecule has 1 unspecified atom stereocenters. The maximum atomic E-state index is 13.1. The molecular weight excluding hydrogens is 263 g/mol. The largest absolute Gasteiger partial charge is 0.299 e. The van der Waals surface area contributed by atoms with Gasteiger partial charge in [-0.25, -0.2) is 4.39 Å². The van der Waals surface area contributed by atoms with E-state index in [1.54, 1.807) is 6.07 Å². The molecule has 0 saturated carbocycles. The summed E-state index contributed by atoms with van der Waals surface area (Å²) >= 11 is 5.72. The van der Waals surface area contributed by atoms with Crippen LogP contribution in [0.5, 0.6) is 0 Å². The number of hydrogen-bond acceptors (Lipinski definition) is 1. The van der Waals surface area contributed by atoms with E-state index < -0.39 is 5.82 Å². The predicted molar refractivity (Wildman–Crippen MR) is 73.0 cm³/mol. The molecule has 96 valence electrons. The number of rotatable bonds is 3. The molecule has 1 aliphatic carbocycles. The maximum Gasteiger partial charge on any atom is 0.145 e. The maximum absolute atomic E-state index is 13.1. The summed E-state index contributed by atoms with van der Waals surface area (Å²) in [4.78, 5) is 12.2. The predicted octanol–water partition coefficient (Wildman–Crippen LogP) is 3.93. The molecule has 0 amide bonds. The van der Waals surface area contributed by atoms with E-state index in [0.29, 0.717) is 6.42 Å². The molecule has 1 atom stereocenters. The van der Waals surface area contributed by atoms with Crippen LogP contribution in [0.1, 0.15) is 22.6 Å². The molecule has 2 aromatic carbocycles. The average molecular weight is 275 g/mol. The lowest BCUT2D eigenvalue weighted by atomic mass is 9.74. The Hall–Kier alpha value is -1.67. The zero-order chi connectivity index (χ0) is 13.4. The monoisotopic (exact) mass is 274 g/mol. The topological polar surface area (TPSA) is 17.1 Å². The first kappa shape index (κ1) is 12.4.